The highest BCUT2D eigenvalue weighted by Gasteiger charge is 2.22. The Morgan fingerprint density at radius 2 is 0.796 bits per heavy atom. The van der Waals surface area contributed by atoms with Crippen LogP contribution in [0.4, 0.5) is 0 Å². The Hall–Kier alpha value is -6.44. The highest BCUT2D eigenvalue weighted by atomic mass is 16.3. The van der Waals surface area contributed by atoms with Gasteiger partial charge < -0.3 is 4.42 Å². The van der Waals surface area contributed by atoms with Crippen molar-refractivity contribution in [2.75, 3.05) is 0 Å². The van der Waals surface area contributed by atoms with Crippen LogP contribution in [0, 0.1) is 0 Å². The minimum atomic E-state index is 0.882. The Balaban J connectivity index is 1.32. The number of hydrogen-bond acceptors (Lipinski definition) is 1. The molecule has 0 amide bonds. The van der Waals surface area contributed by atoms with E-state index < -0.39 is 0 Å². The first-order valence-electron chi connectivity index (χ1n) is 16.8. The molecule has 0 N–H and O–H groups in total. The molecule has 0 aliphatic rings. The van der Waals surface area contributed by atoms with Gasteiger partial charge in [-0.2, -0.15) is 0 Å². The van der Waals surface area contributed by atoms with Crippen LogP contribution in [-0.4, -0.2) is 0 Å². The summed E-state index contributed by atoms with van der Waals surface area (Å²) in [5, 5.41) is 8.58. The van der Waals surface area contributed by atoms with Crippen molar-refractivity contribution in [3.8, 4) is 55.8 Å². The van der Waals surface area contributed by atoms with E-state index in [4.69, 9.17) is 4.42 Å². The van der Waals surface area contributed by atoms with Crippen molar-refractivity contribution in [2.24, 2.45) is 0 Å². The van der Waals surface area contributed by atoms with Gasteiger partial charge in [-0.3, -0.25) is 0 Å². The summed E-state index contributed by atoms with van der Waals surface area (Å²) in [7, 11) is 0. The van der Waals surface area contributed by atoms with Gasteiger partial charge >= 0.3 is 0 Å². The zero-order valence-corrected chi connectivity index (χ0v) is 26.7. The van der Waals surface area contributed by atoms with Crippen molar-refractivity contribution in [3.05, 3.63) is 182 Å². The number of furan rings is 1. The fraction of sp³-hybridized carbons (Fsp3) is 0. The van der Waals surface area contributed by atoms with Crippen molar-refractivity contribution in [1.82, 2.24) is 0 Å². The van der Waals surface area contributed by atoms with E-state index in [1.807, 2.05) is 6.07 Å². The van der Waals surface area contributed by atoms with Crippen molar-refractivity contribution in [3.63, 3.8) is 0 Å². The second-order valence-corrected chi connectivity index (χ2v) is 12.8. The zero-order valence-electron chi connectivity index (χ0n) is 26.7. The number of hydrogen-bond donors (Lipinski definition) is 0. The lowest BCUT2D eigenvalue weighted by Crippen LogP contribution is -1.93. The Kier molecular flexibility index (Phi) is 6.25. The van der Waals surface area contributed by atoms with Crippen molar-refractivity contribution in [2.45, 2.75) is 0 Å². The van der Waals surface area contributed by atoms with Gasteiger partial charge in [0.05, 0.1) is 0 Å². The largest absolute Gasteiger partial charge is 0.456 e. The van der Waals surface area contributed by atoms with E-state index in [0.717, 1.165) is 22.3 Å². The molecule has 0 saturated heterocycles. The van der Waals surface area contributed by atoms with Crippen LogP contribution in [0.15, 0.2) is 186 Å². The third kappa shape index (κ3) is 4.40. The van der Waals surface area contributed by atoms with Crippen LogP contribution in [0.1, 0.15) is 0 Å². The van der Waals surface area contributed by atoms with E-state index in [1.54, 1.807) is 0 Å². The molecule has 1 heterocycles. The molecule has 0 unspecified atom stereocenters. The van der Waals surface area contributed by atoms with Gasteiger partial charge in [-0.1, -0.05) is 164 Å². The van der Waals surface area contributed by atoms with Crippen molar-refractivity contribution >= 4 is 43.3 Å². The second kappa shape index (κ2) is 11.1. The van der Waals surface area contributed by atoms with E-state index in [2.05, 4.69) is 176 Å². The molecule has 0 saturated carbocycles. The maximum Gasteiger partial charge on any atom is 0.136 e. The number of rotatable bonds is 5. The molecule has 9 aromatic carbocycles. The maximum absolute atomic E-state index is 6.61. The highest BCUT2D eigenvalue weighted by molar-refractivity contribution is 6.30. The van der Waals surface area contributed by atoms with Crippen LogP contribution in [0.3, 0.4) is 0 Å². The number of para-hydroxylation sites is 1. The fourth-order valence-electron chi connectivity index (χ4n) is 7.85. The molecule has 0 bridgehead atoms. The van der Waals surface area contributed by atoms with E-state index in [-0.39, 0.29) is 0 Å². The quantitative estimate of drug-likeness (QED) is 0.174. The summed E-state index contributed by atoms with van der Waals surface area (Å²) in [4.78, 5) is 0. The van der Waals surface area contributed by atoms with E-state index in [9.17, 15) is 0 Å². The Morgan fingerprint density at radius 3 is 1.47 bits per heavy atom. The number of benzene rings is 9. The monoisotopic (exact) mass is 622 g/mol. The van der Waals surface area contributed by atoms with Gasteiger partial charge in [-0.15, -0.1) is 0 Å². The molecule has 1 heteroatoms. The van der Waals surface area contributed by atoms with Crippen LogP contribution in [-0.2, 0) is 0 Å². The van der Waals surface area contributed by atoms with Crippen LogP contribution in [0.5, 0.6) is 0 Å². The minimum Gasteiger partial charge on any atom is -0.456 e. The molecule has 10 rings (SSSR count). The zero-order chi connectivity index (χ0) is 32.3. The topological polar surface area (TPSA) is 13.1 Å². The predicted molar refractivity (Wildman–Crippen MR) is 207 cm³/mol. The van der Waals surface area contributed by atoms with Crippen LogP contribution >= 0.6 is 0 Å². The molecule has 0 radical (unpaired) electrons. The first-order chi connectivity index (χ1) is 24.3. The van der Waals surface area contributed by atoms with Gasteiger partial charge in [0.15, 0.2) is 0 Å². The Bertz CT molecular complexity index is 2770. The normalized spacial score (nSPS) is 11.7. The summed E-state index contributed by atoms with van der Waals surface area (Å²) in [6.07, 6.45) is 0. The first kappa shape index (κ1) is 27.7. The standard InChI is InChI=1S/C48H30O/c1-3-13-31(14-4-1)35-18-8-10-20-37(35)39-25-23-33-24-26-41-43(38-21-11-9-19-36(38)32-15-5-2-6-16-32)30-44(42-28-27-40(39)47(33)48(41)42)46-29-34-17-7-12-22-45(34)49-46/h1-30H. The molecule has 1 aromatic heterocycles. The van der Waals surface area contributed by atoms with E-state index in [1.165, 1.54) is 76.8 Å². The first-order valence-corrected chi connectivity index (χ1v) is 16.8. The van der Waals surface area contributed by atoms with Crippen molar-refractivity contribution in [1.29, 1.82) is 0 Å². The fourth-order valence-corrected chi connectivity index (χ4v) is 7.85. The lowest BCUT2D eigenvalue weighted by atomic mass is 9.83. The van der Waals surface area contributed by atoms with E-state index >= 15 is 0 Å². The second-order valence-electron chi connectivity index (χ2n) is 12.8. The average molecular weight is 623 g/mol. The molecule has 49 heavy (non-hydrogen) atoms. The number of fused-ring (bicyclic) bond motifs is 1. The average Bonchev–Trinajstić information content (AvgIpc) is 3.62. The molecular weight excluding hydrogens is 593 g/mol. The summed E-state index contributed by atoms with van der Waals surface area (Å²) in [5.74, 6) is 0.882. The van der Waals surface area contributed by atoms with Crippen LogP contribution < -0.4 is 0 Å². The molecule has 0 atom stereocenters. The van der Waals surface area contributed by atoms with Crippen molar-refractivity contribution < 1.29 is 4.42 Å². The van der Waals surface area contributed by atoms with E-state index in [0.29, 0.717) is 0 Å². The molecule has 0 fully saturated rings. The van der Waals surface area contributed by atoms with Gasteiger partial charge in [0, 0.05) is 10.9 Å². The molecule has 0 aliphatic heterocycles. The summed E-state index contributed by atoms with van der Waals surface area (Å²) >= 11 is 0. The molecule has 1 nitrogen and oxygen atoms in total. The Morgan fingerprint density at radius 1 is 0.286 bits per heavy atom. The summed E-state index contributed by atoms with van der Waals surface area (Å²) in [6, 6.07) is 65.7. The van der Waals surface area contributed by atoms with Crippen LogP contribution in [0.25, 0.3) is 99.1 Å². The van der Waals surface area contributed by atoms with Gasteiger partial charge in [0.2, 0.25) is 0 Å². The summed E-state index contributed by atoms with van der Waals surface area (Å²) in [5.41, 5.74) is 11.8. The minimum absolute atomic E-state index is 0.882. The molecular formula is C48H30O. The van der Waals surface area contributed by atoms with Gasteiger partial charge in [-0.25, -0.2) is 0 Å². The maximum atomic E-state index is 6.61. The van der Waals surface area contributed by atoms with Gasteiger partial charge in [0.1, 0.15) is 11.3 Å². The molecule has 0 spiro atoms. The van der Waals surface area contributed by atoms with Gasteiger partial charge in [0.25, 0.3) is 0 Å². The third-order valence-corrected chi connectivity index (χ3v) is 10.1. The summed E-state index contributed by atoms with van der Waals surface area (Å²) < 4.78 is 6.61. The lowest BCUT2D eigenvalue weighted by molar-refractivity contribution is 0.632. The Labute approximate surface area is 284 Å². The SMILES string of the molecule is c1ccc(-c2ccccc2-c2ccc3ccc4c(-c5ccccc5-c5ccccc5)cc(-c5cc6ccccc6o5)c5ccc2c3c54)cc1. The highest BCUT2D eigenvalue weighted by Crippen LogP contribution is 2.48. The third-order valence-electron chi connectivity index (χ3n) is 10.1. The molecule has 0 aliphatic carbocycles. The van der Waals surface area contributed by atoms with Crippen LogP contribution in [0.2, 0.25) is 0 Å². The lowest BCUT2D eigenvalue weighted by Gasteiger charge is -2.20. The molecule has 10 aromatic rings. The smallest absolute Gasteiger partial charge is 0.136 e. The molecule has 228 valence electrons. The predicted octanol–water partition coefficient (Wildman–Crippen LogP) is 13.7. The van der Waals surface area contributed by atoms with Gasteiger partial charge in [-0.05, 0) is 95.0 Å². The summed E-state index contributed by atoms with van der Waals surface area (Å²) in [6.45, 7) is 0.